The molecule has 0 bridgehead atoms. The molecule has 158 valence electrons. The van der Waals surface area contributed by atoms with Gasteiger partial charge in [-0.2, -0.15) is 0 Å². The minimum atomic E-state index is 0.894. The van der Waals surface area contributed by atoms with E-state index in [0.29, 0.717) is 0 Å². The van der Waals surface area contributed by atoms with Crippen molar-refractivity contribution in [1.82, 2.24) is 0 Å². The summed E-state index contributed by atoms with van der Waals surface area (Å²) in [6.07, 6.45) is 0. The van der Waals surface area contributed by atoms with E-state index < -0.39 is 0 Å². The molecule has 0 radical (unpaired) electrons. The van der Waals surface area contributed by atoms with Gasteiger partial charge in [0.25, 0.3) is 0 Å². The Balaban J connectivity index is 1.35. The van der Waals surface area contributed by atoms with Gasteiger partial charge in [0, 0.05) is 35.2 Å². The Hall–Kier alpha value is -4.04. The Morgan fingerprint density at radius 1 is 0.394 bits per heavy atom. The standard InChI is InChI=1S/C31H24N2/c1-3-11-26-22(7-1)15-17-24-9-5-13-28(30(24)26)32-19-20-33(21-32)29-14-6-10-25-18-16-23-8-2-4-12-27(23)31(25)29/h1-18H,19-21H2. The lowest BCUT2D eigenvalue weighted by molar-refractivity contribution is 0.957. The number of fused-ring (bicyclic) bond motifs is 6. The van der Waals surface area contributed by atoms with E-state index >= 15 is 0 Å². The van der Waals surface area contributed by atoms with Gasteiger partial charge in [0.05, 0.1) is 6.67 Å². The van der Waals surface area contributed by atoms with Crippen LogP contribution in [0.5, 0.6) is 0 Å². The minimum absolute atomic E-state index is 0.894. The van der Waals surface area contributed by atoms with Crippen LogP contribution in [0.15, 0.2) is 109 Å². The first kappa shape index (κ1) is 18.5. The fourth-order valence-corrected chi connectivity index (χ4v) is 5.59. The Morgan fingerprint density at radius 3 is 1.33 bits per heavy atom. The Bertz CT molecular complexity index is 1540. The SMILES string of the molecule is c1ccc2c(c1)ccc1cccc(N3CCN(c4cccc5ccc6ccccc6c45)C3)c12. The summed E-state index contributed by atoms with van der Waals surface area (Å²) in [6, 6.07) is 39.9. The smallest absolute Gasteiger partial charge is 0.0904 e. The molecule has 1 heterocycles. The lowest BCUT2D eigenvalue weighted by Gasteiger charge is -2.24. The molecule has 1 aliphatic rings. The van der Waals surface area contributed by atoms with Gasteiger partial charge >= 0.3 is 0 Å². The van der Waals surface area contributed by atoms with E-state index in [1.54, 1.807) is 0 Å². The average Bonchev–Trinajstić information content (AvgIpc) is 3.38. The van der Waals surface area contributed by atoms with Crippen LogP contribution < -0.4 is 9.80 Å². The van der Waals surface area contributed by atoms with E-state index in [9.17, 15) is 0 Å². The minimum Gasteiger partial charge on any atom is -0.352 e. The molecule has 0 N–H and O–H groups in total. The van der Waals surface area contributed by atoms with Crippen LogP contribution in [-0.4, -0.2) is 19.8 Å². The van der Waals surface area contributed by atoms with E-state index in [0.717, 1.165) is 19.8 Å². The molecule has 2 nitrogen and oxygen atoms in total. The molecule has 7 rings (SSSR count). The number of hydrogen-bond donors (Lipinski definition) is 0. The van der Waals surface area contributed by atoms with E-state index in [1.165, 1.54) is 54.5 Å². The molecule has 6 aromatic carbocycles. The third-order valence-corrected chi connectivity index (χ3v) is 7.16. The van der Waals surface area contributed by atoms with Crippen LogP contribution in [0.3, 0.4) is 0 Å². The van der Waals surface area contributed by atoms with Gasteiger partial charge in [-0.1, -0.05) is 97.1 Å². The maximum absolute atomic E-state index is 2.54. The normalized spacial score (nSPS) is 14.2. The lowest BCUT2D eigenvalue weighted by atomic mass is 10.00. The first-order valence-corrected chi connectivity index (χ1v) is 11.7. The maximum atomic E-state index is 2.54. The number of hydrogen-bond acceptors (Lipinski definition) is 2. The molecule has 1 aliphatic heterocycles. The molecule has 0 unspecified atom stereocenters. The van der Waals surface area contributed by atoms with Gasteiger partial charge in [-0.3, -0.25) is 0 Å². The molecule has 0 spiro atoms. The van der Waals surface area contributed by atoms with Gasteiger partial charge in [0.15, 0.2) is 0 Å². The van der Waals surface area contributed by atoms with E-state index in [-0.39, 0.29) is 0 Å². The highest BCUT2D eigenvalue weighted by atomic mass is 15.4. The second-order valence-corrected chi connectivity index (χ2v) is 8.99. The van der Waals surface area contributed by atoms with Crippen LogP contribution in [0, 0.1) is 0 Å². The predicted molar refractivity (Wildman–Crippen MR) is 142 cm³/mol. The van der Waals surface area contributed by atoms with Crippen molar-refractivity contribution in [3.63, 3.8) is 0 Å². The number of anilines is 2. The van der Waals surface area contributed by atoms with Crippen molar-refractivity contribution >= 4 is 54.5 Å². The van der Waals surface area contributed by atoms with Gasteiger partial charge in [0.2, 0.25) is 0 Å². The highest BCUT2D eigenvalue weighted by Crippen LogP contribution is 2.38. The van der Waals surface area contributed by atoms with E-state index in [4.69, 9.17) is 0 Å². The zero-order valence-electron chi connectivity index (χ0n) is 18.4. The van der Waals surface area contributed by atoms with Crippen molar-refractivity contribution in [3.8, 4) is 0 Å². The number of benzene rings is 6. The van der Waals surface area contributed by atoms with Crippen molar-refractivity contribution in [3.05, 3.63) is 109 Å². The van der Waals surface area contributed by atoms with E-state index in [1.807, 2.05) is 0 Å². The molecule has 0 aliphatic carbocycles. The van der Waals surface area contributed by atoms with Gasteiger partial charge in [-0.05, 0) is 44.5 Å². The molecular weight excluding hydrogens is 400 g/mol. The first-order valence-electron chi connectivity index (χ1n) is 11.7. The molecule has 1 fully saturated rings. The van der Waals surface area contributed by atoms with E-state index in [2.05, 4.69) is 119 Å². The number of nitrogens with zero attached hydrogens (tertiary/aromatic N) is 2. The largest absolute Gasteiger partial charge is 0.352 e. The zero-order valence-corrected chi connectivity index (χ0v) is 18.4. The summed E-state index contributed by atoms with van der Waals surface area (Å²) in [6.45, 7) is 2.93. The van der Waals surface area contributed by atoms with Crippen LogP contribution in [0.25, 0.3) is 43.1 Å². The molecular formula is C31H24N2. The second-order valence-electron chi connectivity index (χ2n) is 8.99. The fourth-order valence-electron chi connectivity index (χ4n) is 5.59. The van der Waals surface area contributed by atoms with Crippen LogP contribution >= 0.6 is 0 Å². The van der Waals surface area contributed by atoms with Crippen molar-refractivity contribution in [2.45, 2.75) is 0 Å². The highest BCUT2D eigenvalue weighted by Gasteiger charge is 2.24. The highest BCUT2D eigenvalue weighted by molar-refractivity contribution is 6.15. The van der Waals surface area contributed by atoms with Gasteiger partial charge < -0.3 is 9.80 Å². The molecule has 0 aromatic heterocycles. The lowest BCUT2D eigenvalue weighted by Crippen LogP contribution is -2.25. The number of rotatable bonds is 2. The van der Waals surface area contributed by atoms with Crippen molar-refractivity contribution < 1.29 is 0 Å². The molecule has 0 atom stereocenters. The zero-order chi connectivity index (χ0) is 21.8. The van der Waals surface area contributed by atoms with Crippen LogP contribution in [0.4, 0.5) is 11.4 Å². The van der Waals surface area contributed by atoms with Crippen molar-refractivity contribution in [1.29, 1.82) is 0 Å². The van der Waals surface area contributed by atoms with Crippen molar-refractivity contribution in [2.24, 2.45) is 0 Å². The third-order valence-electron chi connectivity index (χ3n) is 7.16. The van der Waals surface area contributed by atoms with Crippen LogP contribution in [0.2, 0.25) is 0 Å². The Labute approximate surface area is 193 Å². The molecule has 33 heavy (non-hydrogen) atoms. The fraction of sp³-hybridized carbons (Fsp3) is 0.0968. The Morgan fingerprint density at radius 2 is 0.818 bits per heavy atom. The van der Waals surface area contributed by atoms with Gasteiger partial charge in [-0.15, -0.1) is 0 Å². The quantitative estimate of drug-likeness (QED) is 0.264. The monoisotopic (exact) mass is 424 g/mol. The van der Waals surface area contributed by atoms with Crippen LogP contribution in [-0.2, 0) is 0 Å². The summed E-state index contributed by atoms with van der Waals surface area (Å²) in [4.78, 5) is 5.08. The summed E-state index contributed by atoms with van der Waals surface area (Å²) in [5, 5.41) is 10.6. The van der Waals surface area contributed by atoms with Crippen molar-refractivity contribution in [2.75, 3.05) is 29.6 Å². The second kappa shape index (κ2) is 7.25. The summed E-state index contributed by atoms with van der Waals surface area (Å²) in [7, 11) is 0. The summed E-state index contributed by atoms with van der Waals surface area (Å²) < 4.78 is 0. The summed E-state index contributed by atoms with van der Waals surface area (Å²) in [5.41, 5.74) is 2.66. The average molecular weight is 425 g/mol. The molecule has 0 amide bonds. The summed E-state index contributed by atoms with van der Waals surface area (Å²) in [5.74, 6) is 0. The Kier molecular flexibility index (Phi) is 4.07. The first-order chi connectivity index (χ1) is 16.4. The molecule has 1 saturated heterocycles. The van der Waals surface area contributed by atoms with Crippen LogP contribution in [0.1, 0.15) is 0 Å². The third kappa shape index (κ3) is 2.87. The summed E-state index contributed by atoms with van der Waals surface area (Å²) >= 11 is 0. The van der Waals surface area contributed by atoms with Gasteiger partial charge in [-0.25, -0.2) is 0 Å². The molecule has 0 saturated carbocycles. The maximum Gasteiger partial charge on any atom is 0.0904 e. The predicted octanol–water partition coefficient (Wildman–Crippen LogP) is 7.58. The topological polar surface area (TPSA) is 6.48 Å². The molecule has 2 heteroatoms. The molecule has 6 aromatic rings. The van der Waals surface area contributed by atoms with Gasteiger partial charge in [0.1, 0.15) is 0 Å².